The van der Waals surface area contributed by atoms with Crippen molar-refractivity contribution in [3.63, 3.8) is 0 Å². The van der Waals surface area contributed by atoms with E-state index in [1.807, 2.05) is 0 Å². The molecule has 0 N–H and O–H groups in total. The summed E-state index contributed by atoms with van der Waals surface area (Å²) in [5.41, 5.74) is 2.85. The van der Waals surface area contributed by atoms with Crippen LogP contribution in [0.4, 0.5) is 0 Å². The molecule has 0 saturated heterocycles. The van der Waals surface area contributed by atoms with Crippen molar-refractivity contribution >= 4 is 13.3 Å². The van der Waals surface area contributed by atoms with Crippen LogP contribution in [-0.2, 0) is 0 Å². The molecule has 0 aromatic heterocycles. The summed E-state index contributed by atoms with van der Waals surface area (Å²) >= 11 is 0. The van der Waals surface area contributed by atoms with Crippen LogP contribution >= 0.6 is 0 Å². The van der Waals surface area contributed by atoms with Gasteiger partial charge in [0, 0.05) is 0 Å². The molecule has 0 aliphatic rings. The molecule has 0 bridgehead atoms. The molecule has 0 saturated carbocycles. The fraction of sp³-hybridized carbons (Fsp3) is 0.647. The molecule has 0 spiro atoms. The van der Waals surface area contributed by atoms with Gasteiger partial charge in [-0.3, -0.25) is 0 Å². The SMILES string of the molecule is Cc1cc(C)cc([Si](C)(CC(C)C)CC(C)C)c1. The number of hydrogen-bond donors (Lipinski definition) is 0. The summed E-state index contributed by atoms with van der Waals surface area (Å²) in [5.74, 6) is 1.61. The smallest absolute Gasteiger partial charge is 0.0652 e. The van der Waals surface area contributed by atoms with Gasteiger partial charge in [-0.05, 0) is 25.7 Å². The topological polar surface area (TPSA) is 0 Å². The first kappa shape index (κ1) is 15.5. The molecular formula is C17H30Si. The molecule has 18 heavy (non-hydrogen) atoms. The molecule has 1 heteroatoms. The molecule has 0 fully saturated rings. The Morgan fingerprint density at radius 3 is 1.56 bits per heavy atom. The van der Waals surface area contributed by atoms with Crippen LogP contribution in [0.3, 0.4) is 0 Å². The fourth-order valence-electron chi connectivity index (χ4n) is 3.44. The Kier molecular flexibility index (Phi) is 5.21. The van der Waals surface area contributed by atoms with Crippen LogP contribution in [0.15, 0.2) is 18.2 Å². The summed E-state index contributed by atoms with van der Waals surface area (Å²) in [6.45, 7) is 16.5. The lowest BCUT2D eigenvalue weighted by molar-refractivity contribution is 0.684. The summed E-state index contributed by atoms with van der Waals surface area (Å²) in [6, 6.07) is 10.0. The number of benzene rings is 1. The van der Waals surface area contributed by atoms with Crippen LogP contribution in [0.2, 0.25) is 18.6 Å². The van der Waals surface area contributed by atoms with Gasteiger partial charge in [-0.1, -0.05) is 80.8 Å². The van der Waals surface area contributed by atoms with E-state index in [-0.39, 0.29) is 0 Å². The van der Waals surface area contributed by atoms with Crippen molar-refractivity contribution in [1.29, 1.82) is 0 Å². The maximum absolute atomic E-state index is 2.58. The lowest BCUT2D eigenvalue weighted by Gasteiger charge is -2.32. The summed E-state index contributed by atoms with van der Waals surface area (Å²) < 4.78 is 0. The van der Waals surface area contributed by atoms with Crippen molar-refractivity contribution in [2.45, 2.75) is 60.2 Å². The summed E-state index contributed by atoms with van der Waals surface area (Å²) in [5, 5.41) is 1.67. The molecule has 0 atom stereocenters. The summed E-state index contributed by atoms with van der Waals surface area (Å²) in [7, 11) is -1.31. The molecule has 0 unspecified atom stereocenters. The molecule has 0 heterocycles. The van der Waals surface area contributed by atoms with Crippen molar-refractivity contribution < 1.29 is 0 Å². The third-order valence-electron chi connectivity index (χ3n) is 3.64. The second-order valence-electron chi connectivity index (χ2n) is 7.13. The largest absolute Gasteiger partial charge is 0.0842 e. The average molecular weight is 263 g/mol. The predicted molar refractivity (Wildman–Crippen MR) is 86.5 cm³/mol. The standard InChI is InChI=1S/C17H30Si/c1-13(2)11-18(7,12-14(3)4)17-9-15(5)8-16(6)10-17/h8-10,13-14H,11-12H2,1-7H3. The van der Waals surface area contributed by atoms with Gasteiger partial charge in [-0.15, -0.1) is 0 Å². The van der Waals surface area contributed by atoms with Gasteiger partial charge in [0.1, 0.15) is 0 Å². The zero-order chi connectivity index (χ0) is 13.9. The Morgan fingerprint density at radius 2 is 1.22 bits per heavy atom. The number of aryl methyl sites for hydroxylation is 2. The number of rotatable bonds is 5. The van der Waals surface area contributed by atoms with E-state index in [1.165, 1.54) is 23.2 Å². The molecule has 1 aromatic carbocycles. The third kappa shape index (κ3) is 4.27. The lowest BCUT2D eigenvalue weighted by atomic mass is 10.2. The van der Waals surface area contributed by atoms with Gasteiger partial charge in [0.15, 0.2) is 0 Å². The molecule has 0 amide bonds. The quantitative estimate of drug-likeness (QED) is 0.662. The molecule has 0 aliphatic heterocycles. The maximum atomic E-state index is 2.58. The minimum atomic E-state index is -1.31. The van der Waals surface area contributed by atoms with E-state index < -0.39 is 8.07 Å². The zero-order valence-corrected chi connectivity index (χ0v) is 14.3. The van der Waals surface area contributed by atoms with Crippen molar-refractivity contribution in [3.05, 3.63) is 29.3 Å². The minimum absolute atomic E-state index is 0.807. The Hall–Kier alpha value is -0.563. The van der Waals surface area contributed by atoms with E-state index in [1.54, 1.807) is 5.19 Å². The zero-order valence-electron chi connectivity index (χ0n) is 13.3. The number of hydrogen-bond acceptors (Lipinski definition) is 0. The molecule has 0 radical (unpaired) electrons. The van der Waals surface area contributed by atoms with Crippen LogP contribution in [0.1, 0.15) is 38.8 Å². The minimum Gasteiger partial charge on any atom is -0.0652 e. The Labute approximate surface area is 115 Å². The highest BCUT2D eigenvalue weighted by Gasteiger charge is 2.31. The van der Waals surface area contributed by atoms with Crippen LogP contribution < -0.4 is 5.19 Å². The molecule has 1 aromatic rings. The Bertz CT molecular complexity index is 360. The van der Waals surface area contributed by atoms with E-state index in [0.717, 1.165) is 11.8 Å². The fourth-order valence-corrected chi connectivity index (χ4v) is 8.84. The van der Waals surface area contributed by atoms with Crippen LogP contribution in [-0.4, -0.2) is 8.07 Å². The van der Waals surface area contributed by atoms with E-state index in [9.17, 15) is 0 Å². The first-order valence-electron chi connectivity index (χ1n) is 7.32. The van der Waals surface area contributed by atoms with Gasteiger partial charge in [-0.25, -0.2) is 0 Å². The Morgan fingerprint density at radius 1 is 0.833 bits per heavy atom. The van der Waals surface area contributed by atoms with E-state index in [0.29, 0.717) is 0 Å². The van der Waals surface area contributed by atoms with Gasteiger partial charge in [0.2, 0.25) is 0 Å². The van der Waals surface area contributed by atoms with E-state index >= 15 is 0 Å². The molecule has 102 valence electrons. The van der Waals surface area contributed by atoms with Crippen LogP contribution in [0.25, 0.3) is 0 Å². The average Bonchev–Trinajstić information content (AvgIpc) is 2.12. The summed E-state index contributed by atoms with van der Waals surface area (Å²) in [6.07, 6.45) is 0. The monoisotopic (exact) mass is 262 g/mol. The van der Waals surface area contributed by atoms with Gasteiger partial charge >= 0.3 is 0 Å². The highest BCUT2D eigenvalue weighted by Crippen LogP contribution is 2.25. The lowest BCUT2D eigenvalue weighted by Crippen LogP contribution is -2.46. The second kappa shape index (κ2) is 6.05. The first-order chi connectivity index (χ1) is 8.23. The normalized spacial score (nSPS) is 12.5. The Balaban J connectivity index is 3.15. The molecule has 1 rings (SSSR count). The van der Waals surface area contributed by atoms with Crippen molar-refractivity contribution in [1.82, 2.24) is 0 Å². The predicted octanol–water partition coefficient (Wildman–Crippen LogP) is 4.90. The third-order valence-corrected chi connectivity index (χ3v) is 8.75. The first-order valence-corrected chi connectivity index (χ1v) is 10.2. The van der Waals surface area contributed by atoms with Crippen LogP contribution in [0.5, 0.6) is 0 Å². The second-order valence-corrected chi connectivity index (χ2v) is 11.6. The van der Waals surface area contributed by atoms with E-state index in [2.05, 4.69) is 66.3 Å². The van der Waals surface area contributed by atoms with Crippen molar-refractivity contribution in [2.75, 3.05) is 0 Å². The highest BCUT2D eigenvalue weighted by atomic mass is 28.3. The van der Waals surface area contributed by atoms with Gasteiger partial charge < -0.3 is 0 Å². The van der Waals surface area contributed by atoms with E-state index in [4.69, 9.17) is 0 Å². The van der Waals surface area contributed by atoms with Gasteiger partial charge in [-0.2, -0.15) is 0 Å². The molecular weight excluding hydrogens is 232 g/mol. The highest BCUT2D eigenvalue weighted by molar-refractivity contribution is 6.91. The maximum Gasteiger partial charge on any atom is 0.0842 e. The van der Waals surface area contributed by atoms with Crippen LogP contribution in [0, 0.1) is 25.7 Å². The van der Waals surface area contributed by atoms with Crippen molar-refractivity contribution in [3.8, 4) is 0 Å². The molecule has 0 aliphatic carbocycles. The molecule has 0 nitrogen and oxygen atoms in total. The summed E-state index contributed by atoms with van der Waals surface area (Å²) in [4.78, 5) is 0. The van der Waals surface area contributed by atoms with Gasteiger partial charge in [0.05, 0.1) is 8.07 Å². The van der Waals surface area contributed by atoms with Gasteiger partial charge in [0.25, 0.3) is 0 Å². The van der Waals surface area contributed by atoms with Crippen molar-refractivity contribution in [2.24, 2.45) is 11.8 Å².